The van der Waals surface area contributed by atoms with Gasteiger partial charge in [0.2, 0.25) is 0 Å². The second-order valence-corrected chi connectivity index (χ2v) is 9.32. The molecule has 0 amide bonds. The van der Waals surface area contributed by atoms with Crippen molar-refractivity contribution in [2.45, 2.75) is 78.1 Å². The van der Waals surface area contributed by atoms with Gasteiger partial charge in [-0.2, -0.15) is 0 Å². The van der Waals surface area contributed by atoms with Crippen molar-refractivity contribution < 1.29 is 0 Å². The van der Waals surface area contributed by atoms with Crippen molar-refractivity contribution in [2.75, 3.05) is 0 Å². The largest absolute Gasteiger partial charge is 0.0917 e. The van der Waals surface area contributed by atoms with Gasteiger partial charge in [-0.05, 0) is 99.6 Å². The third-order valence-electron chi connectivity index (χ3n) is 6.88. The number of aryl methyl sites for hydroxylation is 2. The molecule has 2 aromatic carbocycles. The van der Waals surface area contributed by atoms with E-state index in [2.05, 4.69) is 98.5 Å². The van der Waals surface area contributed by atoms with Gasteiger partial charge in [0.15, 0.2) is 0 Å². The van der Waals surface area contributed by atoms with E-state index >= 15 is 0 Å². The van der Waals surface area contributed by atoms with Crippen molar-refractivity contribution in [3.05, 3.63) is 95.1 Å². The Morgan fingerprint density at radius 1 is 0.625 bits per heavy atom. The summed E-state index contributed by atoms with van der Waals surface area (Å²) < 4.78 is 0. The fourth-order valence-electron chi connectivity index (χ4n) is 4.75. The number of benzene rings is 2. The third-order valence-corrected chi connectivity index (χ3v) is 6.88. The average Bonchev–Trinajstić information content (AvgIpc) is 2.84. The summed E-state index contributed by atoms with van der Waals surface area (Å²) in [6.07, 6.45) is 22.0. The molecule has 1 saturated carbocycles. The van der Waals surface area contributed by atoms with Crippen LogP contribution in [0.1, 0.15) is 87.5 Å². The lowest BCUT2D eigenvalue weighted by molar-refractivity contribution is 0.254. The maximum atomic E-state index is 3.33. The summed E-state index contributed by atoms with van der Waals surface area (Å²) >= 11 is 0. The van der Waals surface area contributed by atoms with Gasteiger partial charge in [-0.1, -0.05) is 86.1 Å². The number of allylic oxidation sites excluding steroid dienone is 4. The van der Waals surface area contributed by atoms with E-state index in [0.29, 0.717) is 0 Å². The van der Waals surface area contributed by atoms with Gasteiger partial charge in [0, 0.05) is 11.1 Å². The lowest BCUT2D eigenvalue weighted by atomic mass is 9.78. The molecule has 0 radical (unpaired) electrons. The van der Waals surface area contributed by atoms with E-state index in [-0.39, 0.29) is 0 Å². The van der Waals surface area contributed by atoms with Gasteiger partial charge >= 0.3 is 0 Å². The van der Waals surface area contributed by atoms with Gasteiger partial charge in [-0.3, -0.25) is 0 Å². The number of rotatable bonds is 9. The molecule has 0 bridgehead atoms. The molecular weight excluding hydrogens is 384 g/mol. The lowest BCUT2D eigenvalue weighted by Gasteiger charge is -2.28. The first-order chi connectivity index (χ1) is 15.8. The van der Waals surface area contributed by atoms with Crippen LogP contribution in [0.5, 0.6) is 0 Å². The SMILES string of the molecule is C/C=C/CCc1ccc(C#Cc2ccc(CCC3CCC(CC/C=C/C)CC3)cc2)cc1. The Labute approximate surface area is 196 Å². The van der Waals surface area contributed by atoms with E-state index in [0.717, 1.165) is 35.8 Å². The summed E-state index contributed by atoms with van der Waals surface area (Å²) in [4.78, 5) is 0. The second kappa shape index (κ2) is 13.8. The first-order valence-corrected chi connectivity index (χ1v) is 12.7. The molecule has 0 unspecified atom stereocenters. The van der Waals surface area contributed by atoms with E-state index < -0.39 is 0 Å². The summed E-state index contributed by atoms with van der Waals surface area (Å²) in [5.41, 5.74) is 5.02. The predicted octanol–water partition coefficient (Wildman–Crippen LogP) is 8.69. The maximum Gasteiger partial charge on any atom is 0.0249 e. The molecule has 3 rings (SSSR count). The second-order valence-electron chi connectivity index (χ2n) is 9.32. The van der Waals surface area contributed by atoms with Crippen molar-refractivity contribution in [3.63, 3.8) is 0 Å². The molecule has 0 aromatic heterocycles. The molecule has 168 valence electrons. The molecule has 0 saturated heterocycles. The quantitative estimate of drug-likeness (QED) is 0.279. The highest BCUT2D eigenvalue weighted by atomic mass is 14.3. The van der Waals surface area contributed by atoms with Crippen molar-refractivity contribution in [2.24, 2.45) is 11.8 Å². The van der Waals surface area contributed by atoms with E-state index in [1.807, 2.05) is 0 Å². The molecule has 0 aliphatic heterocycles. The van der Waals surface area contributed by atoms with Crippen molar-refractivity contribution >= 4 is 0 Å². The van der Waals surface area contributed by atoms with Crippen LogP contribution in [-0.4, -0.2) is 0 Å². The molecule has 1 aliphatic rings. The smallest absolute Gasteiger partial charge is 0.0249 e. The van der Waals surface area contributed by atoms with Crippen LogP contribution in [0, 0.1) is 23.7 Å². The minimum Gasteiger partial charge on any atom is -0.0917 e. The van der Waals surface area contributed by atoms with Gasteiger partial charge in [0.05, 0.1) is 0 Å². The third kappa shape index (κ3) is 8.55. The summed E-state index contributed by atoms with van der Waals surface area (Å²) in [6.45, 7) is 4.20. The highest BCUT2D eigenvalue weighted by Crippen LogP contribution is 2.34. The van der Waals surface area contributed by atoms with Crippen molar-refractivity contribution in [1.29, 1.82) is 0 Å². The van der Waals surface area contributed by atoms with Gasteiger partial charge < -0.3 is 0 Å². The summed E-state index contributed by atoms with van der Waals surface area (Å²) in [5.74, 6) is 8.53. The minimum atomic E-state index is 0.924. The molecule has 0 N–H and O–H groups in total. The number of hydrogen-bond donors (Lipinski definition) is 0. The normalized spacial score (nSPS) is 18.7. The fraction of sp³-hybridized carbons (Fsp3) is 0.438. The molecule has 0 heteroatoms. The van der Waals surface area contributed by atoms with E-state index in [1.54, 1.807) is 0 Å². The molecule has 0 heterocycles. The van der Waals surface area contributed by atoms with Crippen LogP contribution >= 0.6 is 0 Å². The van der Waals surface area contributed by atoms with E-state index in [4.69, 9.17) is 0 Å². The summed E-state index contributed by atoms with van der Waals surface area (Å²) in [6, 6.07) is 17.6. The van der Waals surface area contributed by atoms with Crippen LogP contribution in [-0.2, 0) is 12.8 Å². The van der Waals surface area contributed by atoms with Crippen LogP contribution in [0.2, 0.25) is 0 Å². The monoisotopic (exact) mass is 424 g/mol. The Morgan fingerprint density at radius 3 is 1.62 bits per heavy atom. The Morgan fingerprint density at radius 2 is 1.09 bits per heavy atom. The first kappa shape index (κ1) is 24.1. The van der Waals surface area contributed by atoms with Gasteiger partial charge in [0.1, 0.15) is 0 Å². The van der Waals surface area contributed by atoms with Gasteiger partial charge in [-0.15, -0.1) is 0 Å². The summed E-state index contributed by atoms with van der Waals surface area (Å²) in [5, 5.41) is 0. The Kier molecular flexibility index (Phi) is 10.4. The highest BCUT2D eigenvalue weighted by molar-refractivity contribution is 5.44. The fourth-order valence-corrected chi connectivity index (χ4v) is 4.75. The number of hydrogen-bond acceptors (Lipinski definition) is 0. The zero-order valence-electron chi connectivity index (χ0n) is 20.2. The topological polar surface area (TPSA) is 0 Å². The highest BCUT2D eigenvalue weighted by Gasteiger charge is 2.20. The van der Waals surface area contributed by atoms with Crippen LogP contribution in [0.15, 0.2) is 72.8 Å². The Balaban J connectivity index is 1.41. The van der Waals surface area contributed by atoms with Gasteiger partial charge in [-0.25, -0.2) is 0 Å². The van der Waals surface area contributed by atoms with E-state index in [1.165, 1.54) is 62.5 Å². The molecule has 1 fully saturated rings. The van der Waals surface area contributed by atoms with Crippen molar-refractivity contribution in [3.8, 4) is 11.8 Å². The van der Waals surface area contributed by atoms with Crippen LogP contribution < -0.4 is 0 Å². The van der Waals surface area contributed by atoms with E-state index in [9.17, 15) is 0 Å². The van der Waals surface area contributed by atoms with Crippen molar-refractivity contribution in [1.82, 2.24) is 0 Å². The molecule has 0 atom stereocenters. The zero-order valence-corrected chi connectivity index (χ0v) is 20.2. The maximum absolute atomic E-state index is 3.33. The summed E-state index contributed by atoms with van der Waals surface area (Å²) in [7, 11) is 0. The molecule has 32 heavy (non-hydrogen) atoms. The van der Waals surface area contributed by atoms with Gasteiger partial charge in [0.25, 0.3) is 0 Å². The zero-order chi connectivity index (χ0) is 22.4. The molecule has 2 aromatic rings. The Bertz CT molecular complexity index is 891. The first-order valence-electron chi connectivity index (χ1n) is 12.7. The lowest BCUT2D eigenvalue weighted by Crippen LogP contribution is -2.15. The minimum absolute atomic E-state index is 0.924. The van der Waals surface area contributed by atoms with Crippen LogP contribution in [0.4, 0.5) is 0 Å². The van der Waals surface area contributed by atoms with Crippen LogP contribution in [0.25, 0.3) is 0 Å². The Hall–Kier alpha value is -2.52. The molecule has 1 aliphatic carbocycles. The molecule has 0 spiro atoms. The standard InChI is InChI=1S/C32H40/c1-3-5-7-9-27-11-15-29(16-12-27)19-21-31-23-25-32(26-24-31)22-20-30-17-13-28(14-18-30)10-8-6-4-2/h3-6,11-12,15-16,23-26,28,30H,7-10,13-14,17-18,20,22H2,1-2H3/b5-3+,6-4+. The average molecular weight is 425 g/mol. The predicted molar refractivity (Wildman–Crippen MR) is 140 cm³/mol. The molecular formula is C32H40. The van der Waals surface area contributed by atoms with Crippen LogP contribution in [0.3, 0.4) is 0 Å². The molecule has 0 nitrogen and oxygen atoms in total.